The van der Waals surface area contributed by atoms with Crippen molar-refractivity contribution in [3.05, 3.63) is 58.4 Å². The van der Waals surface area contributed by atoms with Crippen LogP contribution in [-0.2, 0) is 16.6 Å². The Balaban J connectivity index is 2.28. The van der Waals surface area contributed by atoms with E-state index >= 15 is 0 Å². The zero-order valence-corrected chi connectivity index (χ0v) is 11.9. The van der Waals surface area contributed by atoms with Gasteiger partial charge >= 0.3 is 0 Å². The number of hydrogen-bond acceptors (Lipinski definition) is 2. The first-order valence-corrected chi connectivity index (χ1v) is 7.35. The van der Waals surface area contributed by atoms with Crippen LogP contribution in [0.15, 0.2) is 41.3 Å². The van der Waals surface area contributed by atoms with Crippen LogP contribution >= 0.6 is 11.6 Å². The number of nitrogen functional groups attached to an aromatic ring is 1. The van der Waals surface area contributed by atoms with Gasteiger partial charge in [-0.1, -0.05) is 11.6 Å². The van der Waals surface area contributed by atoms with Gasteiger partial charge in [-0.05, 0) is 54.4 Å². The molecule has 2 rings (SSSR count). The summed E-state index contributed by atoms with van der Waals surface area (Å²) in [7, 11) is -1.28. The quantitative estimate of drug-likeness (QED) is 0.878. The predicted octanol–water partition coefficient (Wildman–Crippen LogP) is 3.68. The van der Waals surface area contributed by atoms with Crippen molar-refractivity contribution in [3.63, 3.8) is 0 Å². The number of benzene rings is 2. The van der Waals surface area contributed by atoms with Gasteiger partial charge in [-0.3, -0.25) is 4.21 Å². The first-order chi connectivity index (χ1) is 8.97. The monoisotopic (exact) mass is 297 g/mol. The van der Waals surface area contributed by atoms with Crippen LogP contribution in [0, 0.1) is 12.7 Å². The van der Waals surface area contributed by atoms with Gasteiger partial charge in [-0.25, -0.2) is 4.39 Å². The molecule has 1 unspecified atom stereocenters. The van der Waals surface area contributed by atoms with Crippen LogP contribution in [0.2, 0.25) is 5.02 Å². The van der Waals surface area contributed by atoms with Crippen molar-refractivity contribution >= 4 is 28.1 Å². The van der Waals surface area contributed by atoms with Gasteiger partial charge in [0.15, 0.2) is 0 Å². The molecular weight excluding hydrogens is 285 g/mol. The van der Waals surface area contributed by atoms with E-state index < -0.39 is 10.8 Å². The van der Waals surface area contributed by atoms with Crippen molar-refractivity contribution < 1.29 is 8.60 Å². The Bertz CT molecular complexity index is 645. The molecule has 2 N–H and O–H groups in total. The maximum atomic E-state index is 13.2. The molecule has 0 saturated heterocycles. The molecule has 2 aromatic rings. The molecule has 0 aliphatic heterocycles. The van der Waals surface area contributed by atoms with Crippen LogP contribution in [0.4, 0.5) is 10.1 Å². The molecule has 0 spiro atoms. The fourth-order valence-electron chi connectivity index (χ4n) is 1.80. The fourth-order valence-corrected chi connectivity index (χ4v) is 3.38. The minimum atomic E-state index is -1.28. The molecule has 0 aliphatic rings. The number of anilines is 1. The lowest BCUT2D eigenvalue weighted by Crippen LogP contribution is -2.01. The van der Waals surface area contributed by atoms with Crippen molar-refractivity contribution in [3.8, 4) is 0 Å². The van der Waals surface area contributed by atoms with Crippen molar-refractivity contribution in [2.75, 3.05) is 5.73 Å². The van der Waals surface area contributed by atoms with Crippen LogP contribution in [0.25, 0.3) is 0 Å². The minimum Gasteiger partial charge on any atom is -0.399 e. The summed E-state index contributed by atoms with van der Waals surface area (Å²) >= 11 is 5.97. The molecule has 0 heterocycles. The highest BCUT2D eigenvalue weighted by Gasteiger charge is 2.11. The molecule has 100 valence electrons. The van der Waals surface area contributed by atoms with E-state index in [0.29, 0.717) is 21.2 Å². The highest BCUT2D eigenvalue weighted by atomic mass is 35.5. The van der Waals surface area contributed by atoms with Crippen LogP contribution in [0.3, 0.4) is 0 Å². The summed E-state index contributed by atoms with van der Waals surface area (Å²) < 4.78 is 25.5. The van der Waals surface area contributed by atoms with E-state index in [-0.39, 0.29) is 11.6 Å². The smallest absolute Gasteiger partial charge is 0.123 e. The summed E-state index contributed by atoms with van der Waals surface area (Å²) in [5.74, 6) is -0.202. The van der Waals surface area contributed by atoms with E-state index in [1.54, 1.807) is 18.2 Å². The number of hydrogen-bond donors (Lipinski definition) is 1. The number of aryl methyl sites for hydroxylation is 1. The van der Waals surface area contributed by atoms with E-state index in [2.05, 4.69) is 0 Å². The Kier molecular flexibility index (Phi) is 4.22. The molecule has 1 atom stereocenters. The van der Waals surface area contributed by atoms with E-state index in [0.717, 1.165) is 5.56 Å². The molecular formula is C14H13ClFNOS. The lowest BCUT2D eigenvalue weighted by Gasteiger charge is -2.08. The maximum Gasteiger partial charge on any atom is 0.123 e. The van der Waals surface area contributed by atoms with Crippen molar-refractivity contribution in [2.45, 2.75) is 17.6 Å². The van der Waals surface area contributed by atoms with Gasteiger partial charge in [0.1, 0.15) is 5.82 Å². The first kappa shape index (κ1) is 14.0. The van der Waals surface area contributed by atoms with Gasteiger partial charge in [-0.2, -0.15) is 0 Å². The molecule has 5 heteroatoms. The summed E-state index contributed by atoms with van der Waals surface area (Å²) in [6.07, 6.45) is 0. The van der Waals surface area contributed by atoms with Gasteiger partial charge in [0.05, 0.1) is 16.6 Å². The third-order valence-electron chi connectivity index (χ3n) is 2.74. The van der Waals surface area contributed by atoms with E-state index in [4.69, 9.17) is 17.3 Å². The molecule has 2 nitrogen and oxygen atoms in total. The fraction of sp³-hybridized carbons (Fsp3) is 0.143. The van der Waals surface area contributed by atoms with Crippen molar-refractivity contribution in [1.82, 2.24) is 0 Å². The molecule has 0 amide bonds. The molecule has 0 aromatic heterocycles. The molecule has 0 saturated carbocycles. The topological polar surface area (TPSA) is 43.1 Å². The van der Waals surface area contributed by atoms with Crippen LogP contribution in [-0.4, -0.2) is 4.21 Å². The zero-order chi connectivity index (χ0) is 14.0. The van der Waals surface area contributed by atoms with Crippen molar-refractivity contribution in [2.24, 2.45) is 0 Å². The standard InChI is InChI=1S/C14H13ClFNOS/c1-9-6-12(17)3-5-14(9)19(18)8-10-7-11(16)2-4-13(10)15/h2-7H,8,17H2,1H3. The van der Waals surface area contributed by atoms with E-state index in [9.17, 15) is 8.60 Å². The van der Waals surface area contributed by atoms with E-state index in [1.807, 2.05) is 6.92 Å². The molecule has 0 aliphatic carbocycles. The van der Waals surface area contributed by atoms with Crippen LogP contribution < -0.4 is 5.73 Å². The summed E-state index contributed by atoms with van der Waals surface area (Å²) in [5.41, 5.74) is 7.67. The number of rotatable bonds is 3. The van der Waals surface area contributed by atoms with Gasteiger partial charge in [0, 0.05) is 15.6 Å². The summed E-state index contributed by atoms with van der Waals surface area (Å²) in [4.78, 5) is 0.689. The van der Waals surface area contributed by atoms with Gasteiger partial charge in [0.2, 0.25) is 0 Å². The summed E-state index contributed by atoms with van der Waals surface area (Å²) in [6, 6.07) is 9.26. The Morgan fingerprint density at radius 3 is 2.68 bits per heavy atom. The normalized spacial score (nSPS) is 12.4. The Morgan fingerprint density at radius 2 is 2.00 bits per heavy atom. The lowest BCUT2D eigenvalue weighted by molar-refractivity contribution is 0.626. The van der Waals surface area contributed by atoms with Gasteiger partial charge in [0.25, 0.3) is 0 Å². The summed E-state index contributed by atoms with van der Waals surface area (Å²) in [6.45, 7) is 1.84. The highest BCUT2D eigenvalue weighted by Crippen LogP contribution is 2.23. The highest BCUT2D eigenvalue weighted by molar-refractivity contribution is 7.84. The SMILES string of the molecule is Cc1cc(N)ccc1S(=O)Cc1cc(F)ccc1Cl. The molecule has 0 fully saturated rings. The lowest BCUT2D eigenvalue weighted by atomic mass is 10.2. The second-order valence-electron chi connectivity index (χ2n) is 4.25. The second-order valence-corrected chi connectivity index (χ2v) is 6.08. The molecule has 0 bridgehead atoms. The number of halogens is 2. The molecule has 19 heavy (non-hydrogen) atoms. The number of nitrogens with two attached hydrogens (primary N) is 1. The van der Waals surface area contributed by atoms with Gasteiger partial charge in [-0.15, -0.1) is 0 Å². The first-order valence-electron chi connectivity index (χ1n) is 5.66. The Hall–Kier alpha value is -1.39. The average Bonchev–Trinajstić information content (AvgIpc) is 2.33. The summed E-state index contributed by atoms with van der Waals surface area (Å²) in [5, 5.41) is 0.419. The Morgan fingerprint density at radius 1 is 1.26 bits per heavy atom. The van der Waals surface area contributed by atoms with Crippen LogP contribution in [0.5, 0.6) is 0 Å². The molecule has 0 radical (unpaired) electrons. The zero-order valence-electron chi connectivity index (χ0n) is 10.3. The van der Waals surface area contributed by atoms with Crippen molar-refractivity contribution in [1.29, 1.82) is 0 Å². The Labute approximate surface area is 118 Å². The average molecular weight is 298 g/mol. The largest absolute Gasteiger partial charge is 0.399 e. The third-order valence-corrected chi connectivity index (χ3v) is 4.63. The van der Waals surface area contributed by atoms with Crippen LogP contribution in [0.1, 0.15) is 11.1 Å². The minimum absolute atomic E-state index is 0.182. The maximum absolute atomic E-state index is 13.2. The van der Waals surface area contributed by atoms with Gasteiger partial charge < -0.3 is 5.73 Å². The van der Waals surface area contributed by atoms with E-state index in [1.165, 1.54) is 18.2 Å². The third kappa shape index (κ3) is 3.33. The predicted molar refractivity (Wildman–Crippen MR) is 77.1 cm³/mol. The second kappa shape index (κ2) is 5.72. The molecule has 2 aromatic carbocycles.